The lowest BCUT2D eigenvalue weighted by atomic mass is 10.2. The molecule has 1 aliphatic heterocycles. The topological polar surface area (TPSA) is 55.6 Å². The number of carbonyl (C=O) groups is 1. The predicted molar refractivity (Wildman–Crippen MR) is 163 cm³/mol. The number of hydrogen-bond donors (Lipinski definition) is 1. The molecule has 0 unspecified atom stereocenters. The number of nitrogens with zero attached hydrogens (tertiary/aromatic N) is 2. The summed E-state index contributed by atoms with van der Waals surface area (Å²) in [6.07, 6.45) is 1.94. The fraction of sp³-hybridized carbons (Fsp3) is 0.133. The second-order valence-electron chi connectivity index (χ2n) is 8.98. The van der Waals surface area contributed by atoms with E-state index in [-0.39, 0.29) is 5.91 Å². The molecule has 38 heavy (non-hydrogen) atoms. The average Bonchev–Trinajstić information content (AvgIpc) is 3.38. The molecule has 5 rings (SSSR count). The Hall–Kier alpha value is -3.07. The van der Waals surface area contributed by atoms with Gasteiger partial charge in [-0.2, -0.15) is 0 Å². The van der Waals surface area contributed by atoms with Crippen molar-refractivity contribution >= 4 is 66.5 Å². The number of aliphatic imine (C=N–C) groups is 1. The second kappa shape index (κ2) is 11.4. The van der Waals surface area contributed by atoms with Gasteiger partial charge in [0.2, 0.25) is 0 Å². The molecule has 0 spiro atoms. The van der Waals surface area contributed by atoms with Crippen LogP contribution >= 0.6 is 43.6 Å². The minimum Gasteiger partial charge on any atom is -0.489 e. The van der Waals surface area contributed by atoms with Crippen molar-refractivity contribution in [3.8, 4) is 11.4 Å². The van der Waals surface area contributed by atoms with Crippen LogP contribution in [0, 0.1) is 20.8 Å². The highest BCUT2D eigenvalue weighted by molar-refractivity contribution is 9.10. The van der Waals surface area contributed by atoms with Crippen molar-refractivity contribution in [2.45, 2.75) is 27.4 Å². The van der Waals surface area contributed by atoms with Gasteiger partial charge in [0.1, 0.15) is 12.4 Å². The summed E-state index contributed by atoms with van der Waals surface area (Å²) in [5, 5.41) is 3.47. The summed E-state index contributed by atoms with van der Waals surface area (Å²) in [6, 6.07) is 24.2. The summed E-state index contributed by atoms with van der Waals surface area (Å²) >= 11 is 8.29. The Balaban J connectivity index is 1.32. The first-order chi connectivity index (χ1) is 18.3. The molecule has 8 heteroatoms. The Morgan fingerprint density at radius 3 is 2.37 bits per heavy atom. The SMILES string of the molecule is Cc1cc(Br)ccc1N=C1NC(=O)/C(=C/c2cc(C)n(-c3ccc(OCc4ccc(Br)cc4)cc3)c2C)S1. The van der Waals surface area contributed by atoms with Crippen molar-refractivity contribution in [2.75, 3.05) is 0 Å². The maximum atomic E-state index is 12.7. The third-order valence-electron chi connectivity index (χ3n) is 6.20. The largest absolute Gasteiger partial charge is 0.489 e. The minimum atomic E-state index is -0.138. The van der Waals surface area contributed by atoms with E-state index in [1.165, 1.54) is 11.8 Å². The van der Waals surface area contributed by atoms with Crippen LogP contribution < -0.4 is 10.1 Å². The number of thioether (sulfide) groups is 1. The monoisotopic (exact) mass is 649 g/mol. The van der Waals surface area contributed by atoms with E-state index < -0.39 is 0 Å². The number of aromatic nitrogens is 1. The van der Waals surface area contributed by atoms with Gasteiger partial charge in [-0.05, 0) is 116 Å². The van der Waals surface area contributed by atoms with E-state index in [2.05, 4.69) is 78.8 Å². The molecule has 192 valence electrons. The number of amides is 1. The van der Waals surface area contributed by atoms with Gasteiger partial charge < -0.3 is 14.6 Å². The van der Waals surface area contributed by atoms with Crippen LogP contribution in [0.15, 0.2) is 91.6 Å². The molecule has 3 aromatic carbocycles. The number of rotatable bonds is 6. The highest BCUT2D eigenvalue weighted by Crippen LogP contribution is 2.32. The van der Waals surface area contributed by atoms with Crippen molar-refractivity contribution < 1.29 is 9.53 Å². The van der Waals surface area contributed by atoms with E-state index >= 15 is 0 Å². The van der Waals surface area contributed by atoms with Crippen molar-refractivity contribution in [3.63, 3.8) is 0 Å². The zero-order chi connectivity index (χ0) is 26.8. The van der Waals surface area contributed by atoms with Gasteiger partial charge in [0.25, 0.3) is 5.91 Å². The fourth-order valence-electron chi connectivity index (χ4n) is 4.25. The number of halogens is 2. The number of benzene rings is 3. The molecule has 1 amide bonds. The van der Waals surface area contributed by atoms with Gasteiger partial charge in [0.05, 0.1) is 10.6 Å². The third kappa shape index (κ3) is 5.98. The normalized spacial score (nSPS) is 15.3. The lowest BCUT2D eigenvalue weighted by molar-refractivity contribution is -0.115. The number of hydrogen-bond acceptors (Lipinski definition) is 4. The van der Waals surface area contributed by atoms with Crippen LogP contribution in [0.2, 0.25) is 0 Å². The van der Waals surface area contributed by atoms with Gasteiger partial charge >= 0.3 is 0 Å². The van der Waals surface area contributed by atoms with Crippen LogP contribution in [0.4, 0.5) is 5.69 Å². The molecule has 0 radical (unpaired) electrons. The van der Waals surface area contributed by atoms with E-state index in [0.29, 0.717) is 16.7 Å². The molecule has 0 atom stereocenters. The summed E-state index contributed by atoms with van der Waals surface area (Å²) in [6.45, 7) is 6.64. The van der Waals surface area contributed by atoms with Crippen LogP contribution in [0.25, 0.3) is 11.8 Å². The molecule has 0 bridgehead atoms. The number of ether oxygens (including phenoxy) is 1. The van der Waals surface area contributed by atoms with Gasteiger partial charge in [-0.25, -0.2) is 4.99 Å². The first-order valence-electron chi connectivity index (χ1n) is 12.0. The zero-order valence-corrected chi connectivity index (χ0v) is 25.1. The standard InChI is InChI=1S/C30H25Br2N3O2S/c1-18-14-24(32)8-13-27(18)33-30-34-29(36)28(38-30)16-22-15-19(2)35(20(22)3)25-9-11-26(12-10-25)37-17-21-4-6-23(31)7-5-21/h4-16H,17H2,1-3H3,(H,33,34,36)/b28-16-. The molecule has 5 nitrogen and oxygen atoms in total. The van der Waals surface area contributed by atoms with Crippen LogP contribution in [0.5, 0.6) is 5.75 Å². The highest BCUT2D eigenvalue weighted by Gasteiger charge is 2.25. The Kier molecular flexibility index (Phi) is 7.93. The van der Waals surface area contributed by atoms with E-state index in [0.717, 1.165) is 54.1 Å². The van der Waals surface area contributed by atoms with E-state index in [1.54, 1.807) is 0 Å². The van der Waals surface area contributed by atoms with Crippen LogP contribution in [0.1, 0.15) is 28.1 Å². The summed E-state index contributed by atoms with van der Waals surface area (Å²) in [7, 11) is 0. The second-order valence-corrected chi connectivity index (χ2v) is 11.8. The van der Waals surface area contributed by atoms with Crippen molar-refractivity contribution in [1.82, 2.24) is 9.88 Å². The van der Waals surface area contributed by atoms with Gasteiger partial charge in [-0.15, -0.1) is 0 Å². The maximum absolute atomic E-state index is 12.7. The van der Waals surface area contributed by atoms with Crippen LogP contribution in [-0.2, 0) is 11.4 Å². The number of amidine groups is 1. The first-order valence-corrected chi connectivity index (χ1v) is 14.4. The molecular formula is C30H25Br2N3O2S. The molecule has 4 aromatic rings. The summed E-state index contributed by atoms with van der Waals surface area (Å²) in [4.78, 5) is 18.0. The molecule has 1 saturated heterocycles. The van der Waals surface area contributed by atoms with Gasteiger partial charge in [-0.3, -0.25) is 4.79 Å². The Morgan fingerprint density at radius 2 is 1.66 bits per heavy atom. The van der Waals surface area contributed by atoms with Crippen LogP contribution in [-0.4, -0.2) is 15.6 Å². The molecule has 1 aliphatic rings. The molecule has 2 heterocycles. The Morgan fingerprint density at radius 1 is 0.947 bits per heavy atom. The molecule has 0 aliphatic carbocycles. The minimum absolute atomic E-state index is 0.138. The number of aryl methyl sites for hydroxylation is 2. The molecule has 0 saturated carbocycles. The summed E-state index contributed by atoms with van der Waals surface area (Å²) in [5.74, 6) is 0.675. The van der Waals surface area contributed by atoms with Crippen molar-refractivity contribution in [3.05, 3.63) is 115 Å². The molecular weight excluding hydrogens is 626 g/mol. The Labute approximate surface area is 243 Å². The average molecular weight is 651 g/mol. The summed E-state index contributed by atoms with van der Waals surface area (Å²) < 4.78 is 10.2. The summed E-state index contributed by atoms with van der Waals surface area (Å²) in [5.41, 5.74) is 7.16. The van der Waals surface area contributed by atoms with Crippen molar-refractivity contribution in [1.29, 1.82) is 0 Å². The molecule has 1 aromatic heterocycles. The zero-order valence-electron chi connectivity index (χ0n) is 21.1. The lowest BCUT2D eigenvalue weighted by Gasteiger charge is -2.11. The smallest absolute Gasteiger partial charge is 0.264 e. The van der Waals surface area contributed by atoms with Gasteiger partial charge in [0, 0.05) is 26.0 Å². The first kappa shape index (κ1) is 26.5. The van der Waals surface area contributed by atoms with Gasteiger partial charge in [-0.1, -0.05) is 44.0 Å². The Bertz CT molecular complexity index is 1570. The highest BCUT2D eigenvalue weighted by atomic mass is 79.9. The van der Waals surface area contributed by atoms with E-state index in [4.69, 9.17) is 4.74 Å². The van der Waals surface area contributed by atoms with E-state index in [9.17, 15) is 4.79 Å². The molecule has 1 fully saturated rings. The van der Waals surface area contributed by atoms with Gasteiger partial charge in [0.15, 0.2) is 5.17 Å². The van der Waals surface area contributed by atoms with E-state index in [1.807, 2.05) is 67.6 Å². The van der Waals surface area contributed by atoms with Crippen LogP contribution in [0.3, 0.4) is 0 Å². The maximum Gasteiger partial charge on any atom is 0.264 e. The fourth-order valence-corrected chi connectivity index (χ4v) is 5.81. The number of nitrogens with one attached hydrogen (secondary N) is 1. The van der Waals surface area contributed by atoms with Crippen molar-refractivity contribution in [2.24, 2.45) is 4.99 Å². The quantitative estimate of drug-likeness (QED) is 0.213. The molecule has 1 N–H and O–H groups in total. The third-order valence-corrected chi connectivity index (χ3v) is 8.13. The lowest BCUT2D eigenvalue weighted by Crippen LogP contribution is -2.19. The predicted octanol–water partition coefficient (Wildman–Crippen LogP) is 8.40. The number of carbonyl (C=O) groups excluding carboxylic acids is 1.